The maximum atomic E-state index is 13.3. The number of allylic oxidation sites excluding steroid dienone is 1. The van der Waals surface area contributed by atoms with Crippen molar-refractivity contribution in [2.45, 2.75) is 53.5 Å². The molecule has 1 unspecified atom stereocenters. The van der Waals surface area contributed by atoms with E-state index in [1.165, 1.54) is 0 Å². The van der Waals surface area contributed by atoms with E-state index in [9.17, 15) is 9.59 Å². The number of rotatable bonds is 5. The van der Waals surface area contributed by atoms with Crippen LogP contribution in [0.5, 0.6) is 0 Å². The van der Waals surface area contributed by atoms with Crippen LogP contribution in [0.1, 0.15) is 63.6 Å². The van der Waals surface area contributed by atoms with Gasteiger partial charge in [0.05, 0.1) is 11.4 Å². The normalized spacial score (nSPS) is 17.8. The SMILES string of the molecule is CC.CC=N/C(=C\C)c1ccnc(Nc2ccc3[nH]c(C(=O)N4CCN(C(=O)N5CCCC5)C(C)C4)cc3c2)n1. The number of nitrogens with one attached hydrogen (secondary N) is 2. The Morgan fingerprint density at radius 2 is 1.82 bits per heavy atom. The number of fused-ring (bicyclic) bond motifs is 1. The molecule has 0 spiro atoms. The summed E-state index contributed by atoms with van der Waals surface area (Å²) in [6.45, 7) is 13.1. The molecule has 10 heteroatoms. The molecule has 10 nitrogen and oxygen atoms in total. The Morgan fingerprint density at radius 3 is 2.52 bits per heavy atom. The summed E-state index contributed by atoms with van der Waals surface area (Å²) in [5.41, 5.74) is 3.74. The first kappa shape index (κ1) is 28.8. The molecule has 2 aliphatic rings. The highest BCUT2D eigenvalue weighted by Crippen LogP contribution is 2.24. The minimum atomic E-state index is -0.0535. The molecule has 1 aromatic carbocycles. The maximum Gasteiger partial charge on any atom is 0.320 e. The Labute approximate surface area is 236 Å². The number of urea groups is 1. The smallest absolute Gasteiger partial charge is 0.320 e. The van der Waals surface area contributed by atoms with Crippen molar-refractivity contribution in [1.29, 1.82) is 0 Å². The van der Waals surface area contributed by atoms with Crippen LogP contribution in [0.3, 0.4) is 0 Å². The van der Waals surface area contributed by atoms with E-state index < -0.39 is 0 Å². The highest BCUT2D eigenvalue weighted by atomic mass is 16.2. The van der Waals surface area contributed by atoms with Gasteiger partial charge in [-0.3, -0.25) is 9.79 Å². The summed E-state index contributed by atoms with van der Waals surface area (Å²) in [5, 5.41) is 4.16. The molecule has 2 saturated heterocycles. The Morgan fingerprint density at radius 1 is 1.05 bits per heavy atom. The molecule has 1 atom stereocenters. The number of likely N-dealkylation sites (tertiary alicyclic amines) is 1. The fourth-order valence-corrected chi connectivity index (χ4v) is 5.13. The minimum absolute atomic E-state index is 0.0252. The third-order valence-corrected chi connectivity index (χ3v) is 7.10. The zero-order valence-electron chi connectivity index (χ0n) is 24.1. The van der Waals surface area contributed by atoms with Crippen molar-refractivity contribution in [2.75, 3.05) is 38.0 Å². The zero-order valence-corrected chi connectivity index (χ0v) is 24.1. The number of hydrogen-bond donors (Lipinski definition) is 2. The van der Waals surface area contributed by atoms with Crippen LogP contribution in [0.25, 0.3) is 16.6 Å². The first-order valence-electron chi connectivity index (χ1n) is 14.2. The van der Waals surface area contributed by atoms with E-state index in [1.54, 1.807) is 12.4 Å². The first-order valence-corrected chi connectivity index (χ1v) is 14.2. The van der Waals surface area contributed by atoms with E-state index in [1.807, 2.05) is 85.7 Å². The average molecular weight is 545 g/mol. The second-order valence-electron chi connectivity index (χ2n) is 9.71. The van der Waals surface area contributed by atoms with Crippen molar-refractivity contribution >= 4 is 46.4 Å². The summed E-state index contributed by atoms with van der Waals surface area (Å²) in [4.78, 5) is 48.4. The summed E-state index contributed by atoms with van der Waals surface area (Å²) >= 11 is 0. The number of carbonyl (C=O) groups is 2. The number of aromatic nitrogens is 3. The van der Waals surface area contributed by atoms with E-state index in [-0.39, 0.29) is 18.0 Å². The van der Waals surface area contributed by atoms with Crippen LogP contribution >= 0.6 is 0 Å². The average Bonchev–Trinajstić information content (AvgIpc) is 3.67. The third-order valence-electron chi connectivity index (χ3n) is 7.10. The molecule has 0 bridgehead atoms. The number of hydrogen-bond acceptors (Lipinski definition) is 6. The van der Waals surface area contributed by atoms with Crippen molar-refractivity contribution in [1.82, 2.24) is 29.7 Å². The molecule has 3 amide bonds. The molecule has 2 aliphatic heterocycles. The fraction of sp³-hybridized carbons (Fsp3) is 0.433. The topological polar surface area (TPSA) is 110 Å². The molecule has 3 aromatic rings. The molecule has 2 N–H and O–H groups in total. The predicted molar refractivity (Wildman–Crippen MR) is 161 cm³/mol. The number of piperazine rings is 1. The van der Waals surface area contributed by atoms with Crippen molar-refractivity contribution in [2.24, 2.45) is 4.99 Å². The van der Waals surface area contributed by atoms with E-state index in [0.717, 1.165) is 53.9 Å². The molecule has 2 fully saturated rings. The number of aliphatic imine (C=N–C) groups is 1. The van der Waals surface area contributed by atoms with Crippen molar-refractivity contribution < 1.29 is 9.59 Å². The van der Waals surface area contributed by atoms with Gasteiger partial charge in [-0.15, -0.1) is 0 Å². The van der Waals surface area contributed by atoms with Gasteiger partial charge in [0.15, 0.2) is 0 Å². The number of amides is 3. The van der Waals surface area contributed by atoms with Crippen LogP contribution < -0.4 is 5.32 Å². The van der Waals surface area contributed by atoms with Gasteiger partial charge in [-0.05, 0) is 63.9 Å². The van der Waals surface area contributed by atoms with Gasteiger partial charge < -0.3 is 25.0 Å². The molecule has 212 valence electrons. The summed E-state index contributed by atoms with van der Waals surface area (Å²) in [7, 11) is 0. The first-order chi connectivity index (χ1) is 19.5. The van der Waals surface area contributed by atoms with Gasteiger partial charge in [0.25, 0.3) is 5.91 Å². The van der Waals surface area contributed by atoms with Gasteiger partial charge in [0.2, 0.25) is 5.95 Å². The molecule has 0 aliphatic carbocycles. The quantitative estimate of drug-likeness (QED) is 0.410. The molecule has 5 rings (SSSR count). The van der Waals surface area contributed by atoms with Crippen molar-refractivity contribution in [3.05, 3.63) is 54.0 Å². The second kappa shape index (κ2) is 13.2. The molecule has 2 aromatic heterocycles. The zero-order chi connectivity index (χ0) is 28.6. The number of anilines is 2. The highest BCUT2D eigenvalue weighted by molar-refractivity contribution is 5.99. The molecule has 0 saturated carbocycles. The Bertz CT molecular complexity index is 1390. The predicted octanol–water partition coefficient (Wildman–Crippen LogP) is 5.54. The maximum absolute atomic E-state index is 13.3. The lowest BCUT2D eigenvalue weighted by molar-refractivity contribution is 0.0538. The lowest BCUT2D eigenvalue weighted by Gasteiger charge is -2.41. The Hall–Kier alpha value is -4.21. The summed E-state index contributed by atoms with van der Waals surface area (Å²) in [6.07, 6.45) is 7.48. The Balaban J connectivity index is 0.00000181. The van der Waals surface area contributed by atoms with Gasteiger partial charge in [-0.25, -0.2) is 14.8 Å². The molecular formula is C30H40N8O2. The lowest BCUT2D eigenvalue weighted by Crippen LogP contribution is -2.58. The number of benzene rings is 1. The fourth-order valence-electron chi connectivity index (χ4n) is 5.13. The highest BCUT2D eigenvalue weighted by Gasteiger charge is 2.33. The van der Waals surface area contributed by atoms with Crippen LogP contribution in [-0.2, 0) is 0 Å². The minimum Gasteiger partial charge on any atom is -0.351 e. The summed E-state index contributed by atoms with van der Waals surface area (Å²) in [6, 6.07) is 9.60. The van der Waals surface area contributed by atoms with Gasteiger partial charge >= 0.3 is 6.03 Å². The molecular weight excluding hydrogens is 504 g/mol. The van der Waals surface area contributed by atoms with Gasteiger partial charge in [0.1, 0.15) is 5.69 Å². The molecule has 0 radical (unpaired) electrons. The van der Waals surface area contributed by atoms with E-state index in [4.69, 9.17) is 0 Å². The van der Waals surface area contributed by atoms with Gasteiger partial charge in [0, 0.05) is 67.8 Å². The summed E-state index contributed by atoms with van der Waals surface area (Å²) in [5.74, 6) is 0.414. The van der Waals surface area contributed by atoms with Crippen LogP contribution in [0, 0.1) is 0 Å². The van der Waals surface area contributed by atoms with Crippen LogP contribution in [0.15, 0.2) is 47.6 Å². The summed E-state index contributed by atoms with van der Waals surface area (Å²) < 4.78 is 0. The van der Waals surface area contributed by atoms with E-state index in [2.05, 4.69) is 25.3 Å². The number of aromatic amines is 1. The van der Waals surface area contributed by atoms with Gasteiger partial charge in [-0.2, -0.15) is 0 Å². The van der Waals surface area contributed by atoms with Gasteiger partial charge in [-0.1, -0.05) is 19.9 Å². The van der Waals surface area contributed by atoms with Crippen LogP contribution in [0.2, 0.25) is 0 Å². The van der Waals surface area contributed by atoms with Crippen molar-refractivity contribution in [3.63, 3.8) is 0 Å². The largest absolute Gasteiger partial charge is 0.351 e. The number of H-pyrrole nitrogens is 1. The molecule has 40 heavy (non-hydrogen) atoms. The second-order valence-corrected chi connectivity index (χ2v) is 9.71. The van der Waals surface area contributed by atoms with Crippen LogP contribution in [0.4, 0.5) is 16.4 Å². The third kappa shape index (κ3) is 6.32. The van der Waals surface area contributed by atoms with Crippen molar-refractivity contribution in [3.8, 4) is 0 Å². The van der Waals surface area contributed by atoms with Crippen LogP contribution in [-0.4, -0.2) is 86.6 Å². The monoisotopic (exact) mass is 544 g/mol. The number of carbonyl (C=O) groups excluding carboxylic acids is 2. The lowest BCUT2D eigenvalue weighted by atomic mass is 10.2. The number of nitrogens with zero attached hydrogens (tertiary/aromatic N) is 6. The molecule has 4 heterocycles. The van der Waals surface area contributed by atoms with E-state index >= 15 is 0 Å². The Kier molecular flexibility index (Phi) is 9.52. The standard InChI is InChI=1S/C28H34N8O2.C2H6/c1-4-22(29-5-2)24-10-11-30-27(33-24)31-21-8-9-23-20(16-21)17-25(32-23)26(37)35-14-15-36(19(3)18-35)28(38)34-12-6-7-13-34;1-2/h4-5,8-11,16-17,19,32H,6-7,12-15,18H2,1-3H3,(H,30,31,33);1-2H3/b22-4-,29-5?;. The van der Waals surface area contributed by atoms with E-state index in [0.29, 0.717) is 31.3 Å².